The highest BCUT2D eigenvalue weighted by molar-refractivity contribution is 5.79. The molecule has 0 bridgehead atoms. The zero-order chi connectivity index (χ0) is 18.1. The predicted octanol–water partition coefficient (Wildman–Crippen LogP) is 5.41. The van der Waals surface area contributed by atoms with E-state index in [-0.39, 0.29) is 10.6 Å². The third-order valence-corrected chi connectivity index (χ3v) is 4.78. The minimum absolute atomic E-state index is 0.119. The number of aryl methyl sites for hydroxylation is 1. The SMILES string of the molecule is Cc1c(-c2ccccc2)c(Cc2ccc([N+](=O)[O-])cc2)n2ccccc12. The first-order valence-corrected chi connectivity index (χ1v) is 8.52. The van der Waals surface area contributed by atoms with Crippen molar-refractivity contribution in [1.29, 1.82) is 0 Å². The van der Waals surface area contributed by atoms with Crippen molar-refractivity contribution in [3.8, 4) is 11.1 Å². The molecule has 4 rings (SSSR count). The van der Waals surface area contributed by atoms with Crippen LogP contribution in [-0.2, 0) is 6.42 Å². The third kappa shape index (κ3) is 2.75. The Hall–Kier alpha value is -3.40. The molecule has 2 aromatic heterocycles. The van der Waals surface area contributed by atoms with Crippen LogP contribution in [0.15, 0.2) is 79.0 Å². The normalized spacial score (nSPS) is 11.0. The molecule has 26 heavy (non-hydrogen) atoms. The molecule has 0 N–H and O–H groups in total. The molecule has 4 aromatic rings. The van der Waals surface area contributed by atoms with Gasteiger partial charge in [-0.3, -0.25) is 10.1 Å². The molecule has 0 aliphatic rings. The van der Waals surface area contributed by atoms with Gasteiger partial charge >= 0.3 is 0 Å². The van der Waals surface area contributed by atoms with Gasteiger partial charge < -0.3 is 4.40 Å². The minimum atomic E-state index is -0.365. The monoisotopic (exact) mass is 342 g/mol. The fourth-order valence-electron chi connectivity index (χ4n) is 3.54. The molecule has 0 unspecified atom stereocenters. The summed E-state index contributed by atoms with van der Waals surface area (Å²) in [4.78, 5) is 10.5. The molecule has 0 radical (unpaired) electrons. The number of rotatable bonds is 4. The van der Waals surface area contributed by atoms with Crippen LogP contribution in [0, 0.1) is 17.0 Å². The Labute approximate surface area is 151 Å². The number of nitro groups is 1. The summed E-state index contributed by atoms with van der Waals surface area (Å²) in [5.41, 5.74) is 7.21. The Balaban J connectivity index is 1.87. The van der Waals surface area contributed by atoms with Crippen LogP contribution in [0.2, 0.25) is 0 Å². The molecule has 0 aliphatic carbocycles. The summed E-state index contributed by atoms with van der Waals surface area (Å²) in [6, 6.07) is 23.4. The van der Waals surface area contributed by atoms with Crippen LogP contribution in [0.25, 0.3) is 16.6 Å². The van der Waals surface area contributed by atoms with Crippen molar-refractivity contribution in [3.05, 3.63) is 106 Å². The highest BCUT2D eigenvalue weighted by Gasteiger charge is 2.17. The molecular weight excluding hydrogens is 324 g/mol. The van der Waals surface area contributed by atoms with Crippen LogP contribution in [0.4, 0.5) is 5.69 Å². The molecule has 0 aliphatic heterocycles. The maximum Gasteiger partial charge on any atom is 0.269 e. The lowest BCUT2D eigenvalue weighted by Gasteiger charge is -2.08. The topological polar surface area (TPSA) is 47.5 Å². The number of benzene rings is 2. The average Bonchev–Trinajstić information content (AvgIpc) is 2.95. The first kappa shape index (κ1) is 16.1. The smallest absolute Gasteiger partial charge is 0.269 e. The Morgan fingerprint density at radius 3 is 2.31 bits per heavy atom. The van der Waals surface area contributed by atoms with E-state index in [1.807, 2.05) is 42.5 Å². The van der Waals surface area contributed by atoms with Crippen molar-refractivity contribution < 1.29 is 4.92 Å². The average molecular weight is 342 g/mol. The van der Waals surface area contributed by atoms with Crippen molar-refractivity contribution in [2.45, 2.75) is 13.3 Å². The Bertz CT molecular complexity index is 1080. The summed E-state index contributed by atoms with van der Waals surface area (Å²) in [6.07, 6.45) is 2.79. The standard InChI is InChI=1S/C22H18N2O2/c1-16-20-9-5-6-14-23(20)21(22(16)18-7-3-2-4-8-18)15-17-10-12-19(13-11-17)24(25)26/h2-14H,15H2,1H3. The quantitative estimate of drug-likeness (QED) is 0.367. The second-order valence-electron chi connectivity index (χ2n) is 6.37. The van der Waals surface area contributed by atoms with Crippen LogP contribution < -0.4 is 0 Å². The van der Waals surface area contributed by atoms with E-state index in [4.69, 9.17) is 0 Å². The van der Waals surface area contributed by atoms with Crippen molar-refractivity contribution in [2.75, 3.05) is 0 Å². The third-order valence-electron chi connectivity index (χ3n) is 4.78. The summed E-state index contributed by atoms with van der Waals surface area (Å²) >= 11 is 0. The van der Waals surface area contributed by atoms with Gasteiger partial charge in [0.05, 0.1) is 4.92 Å². The summed E-state index contributed by atoms with van der Waals surface area (Å²) < 4.78 is 2.22. The van der Waals surface area contributed by atoms with Crippen LogP contribution in [0.3, 0.4) is 0 Å². The summed E-state index contributed by atoms with van der Waals surface area (Å²) in [7, 11) is 0. The van der Waals surface area contributed by atoms with E-state index in [0.29, 0.717) is 6.42 Å². The van der Waals surface area contributed by atoms with Gasteiger partial charge in [-0.25, -0.2) is 0 Å². The number of nitrogens with zero attached hydrogens (tertiary/aromatic N) is 2. The van der Waals surface area contributed by atoms with Gasteiger partial charge in [0.25, 0.3) is 5.69 Å². The summed E-state index contributed by atoms with van der Waals surface area (Å²) in [5, 5.41) is 10.9. The highest BCUT2D eigenvalue weighted by Crippen LogP contribution is 2.34. The van der Waals surface area contributed by atoms with Gasteiger partial charge in [-0.05, 0) is 35.7 Å². The first-order valence-electron chi connectivity index (χ1n) is 8.52. The highest BCUT2D eigenvalue weighted by atomic mass is 16.6. The molecule has 0 saturated heterocycles. The maximum absolute atomic E-state index is 10.9. The zero-order valence-corrected chi connectivity index (χ0v) is 14.4. The fourth-order valence-corrected chi connectivity index (χ4v) is 3.54. The lowest BCUT2D eigenvalue weighted by Crippen LogP contribution is -1.97. The van der Waals surface area contributed by atoms with E-state index in [2.05, 4.69) is 35.7 Å². The van der Waals surface area contributed by atoms with E-state index in [9.17, 15) is 10.1 Å². The number of nitro benzene ring substituents is 1. The second kappa shape index (κ2) is 6.48. The number of pyridine rings is 1. The van der Waals surface area contributed by atoms with Crippen molar-refractivity contribution in [1.82, 2.24) is 4.40 Å². The summed E-state index contributed by atoms with van der Waals surface area (Å²) in [5.74, 6) is 0. The van der Waals surface area contributed by atoms with Gasteiger partial charge in [0.2, 0.25) is 0 Å². The van der Waals surface area contributed by atoms with Gasteiger partial charge in [0.15, 0.2) is 0 Å². The summed E-state index contributed by atoms with van der Waals surface area (Å²) in [6.45, 7) is 2.15. The number of hydrogen-bond acceptors (Lipinski definition) is 2. The molecule has 0 saturated carbocycles. The first-order chi connectivity index (χ1) is 12.6. The molecule has 0 amide bonds. The zero-order valence-electron chi connectivity index (χ0n) is 14.4. The van der Waals surface area contributed by atoms with Crippen LogP contribution in [-0.4, -0.2) is 9.32 Å². The molecule has 0 fully saturated rings. The van der Waals surface area contributed by atoms with Gasteiger partial charge in [-0.15, -0.1) is 0 Å². The van der Waals surface area contributed by atoms with Crippen molar-refractivity contribution in [3.63, 3.8) is 0 Å². The maximum atomic E-state index is 10.9. The molecule has 2 heterocycles. The number of hydrogen-bond donors (Lipinski definition) is 0. The largest absolute Gasteiger partial charge is 0.320 e. The van der Waals surface area contributed by atoms with E-state index in [1.54, 1.807) is 12.1 Å². The number of aromatic nitrogens is 1. The van der Waals surface area contributed by atoms with E-state index >= 15 is 0 Å². The lowest BCUT2D eigenvalue weighted by atomic mass is 9.98. The molecule has 4 heteroatoms. The van der Waals surface area contributed by atoms with Gasteiger partial charge in [0.1, 0.15) is 0 Å². The molecule has 2 aromatic carbocycles. The predicted molar refractivity (Wildman–Crippen MR) is 103 cm³/mol. The van der Waals surface area contributed by atoms with Crippen LogP contribution >= 0.6 is 0 Å². The van der Waals surface area contributed by atoms with Crippen LogP contribution in [0.5, 0.6) is 0 Å². The van der Waals surface area contributed by atoms with Gasteiger partial charge in [-0.1, -0.05) is 48.5 Å². The van der Waals surface area contributed by atoms with Gasteiger partial charge in [0, 0.05) is 41.5 Å². The molecule has 0 spiro atoms. The Morgan fingerprint density at radius 2 is 1.62 bits per heavy atom. The fraction of sp³-hybridized carbons (Fsp3) is 0.0909. The Kier molecular flexibility index (Phi) is 4.01. The van der Waals surface area contributed by atoms with Crippen molar-refractivity contribution >= 4 is 11.2 Å². The van der Waals surface area contributed by atoms with Gasteiger partial charge in [-0.2, -0.15) is 0 Å². The lowest BCUT2D eigenvalue weighted by molar-refractivity contribution is -0.384. The number of fused-ring (bicyclic) bond motifs is 1. The molecule has 4 nitrogen and oxygen atoms in total. The minimum Gasteiger partial charge on any atom is -0.320 e. The molecule has 0 atom stereocenters. The number of non-ortho nitro benzene ring substituents is 1. The van der Waals surface area contributed by atoms with E-state index < -0.39 is 0 Å². The van der Waals surface area contributed by atoms with Crippen molar-refractivity contribution in [2.24, 2.45) is 0 Å². The van der Waals surface area contributed by atoms with Crippen LogP contribution in [0.1, 0.15) is 16.8 Å². The molecule has 128 valence electrons. The van der Waals surface area contributed by atoms with E-state index in [0.717, 1.165) is 5.56 Å². The Morgan fingerprint density at radius 1 is 0.923 bits per heavy atom. The second-order valence-corrected chi connectivity index (χ2v) is 6.37. The van der Waals surface area contributed by atoms with E-state index in [1.165, 1.54) is 27.9 Å². The molecular formula is C22H18N2O2.